The quantitative estimate of drug-likeness (QED) is 0.721. The van der Waals surface area contributed by atoms with E-state index in [4.69, 9.17) is 0 Å². The summed E-state index contributed by atoms with van der Waals surface area (Å²) in [5, 5.41) is 0. The van der Waals surface area contributed by atoms with Crippen LogP contribution in [-0.4, -0.2) is 18.1 Å². The normalized spacial score (nSPS) is 19.8. The second-order valence-electron chi connectivity index (χ2n) is 5.97. The van der Waals surface area contributed by atoms with Crippen LogP contribution in [0, 0.1) is 5.41 Å². The molecule has 4 heteroatoms. The molecule has 0 bridgehead atoms. The van der Waals surface area contributed by atoms with E-state index in [9.17, 15) is 0 Å². The van der Waals surface area contributed by atoms with Crippen molar-refractivity contribution < 1.29 is 0 Å². The summed E-state index contributed by atoms with van der Waals surface area (Å²) in [7, 11) is 2.16. The zero-order chi connectivity index (χ0) is 13.3. The van der Waals surface area contributed by atoms with Gasteiger partial charge in [-0.25, -0.2) is 4.98 Å². The molecule has 1 aliphatic rings. The number of hydrogen-bond donors (Lipinski definition) is 0. The zero-order valence-electron chi connectivity index (χ0n) is 11.2. The van der Waals surface area contributed by atoms with Gasteiger partial charge in [-0.05, 0) is 69.0 Å². The van der Waals surface area contributed by atoms with Gasteiger partial charge in [-0.3, -0.25) is 0 Å². The van der Waals surface area contributed by atoms with Crippen molar-refractivity contribution in [2.75, 3.05) is 11.9 Å². The first-order valence-corrected chi connectivity index (χ1v) is 8.01. The third kappa shape index (κ3) is 3.27. The summed E-state index contributed by atoms with van der Waals surface area (Å²) in [6.07, 6.45) is 6.98. The molecule has 0 aromatic carbocycles. The standard InChI is InChI=1S/C14H20Br2N2/c1-14(2)6-4-11(5-7-14)18(3)13-12(16)8-10(15)9-17-13/h8-9,11H,4-7H2,1-3H3. The predicted molar refractivity (Wildman–Crippen MR) is 84.1 cm³/mol. The molecule has 2 nitrogen and oxygen atoms in total. The van der Waals surface area contributed by atoms with Crippen molar-refractivity contribution in [2.45, 2.75) is 45.6 Å². The Labute approximate surface area is 126 Å². The van der Waals surface area contributed by atoms with Crippen LogP contribution in [0.2, 0.25) is 0 Å². The topological polar surface area (TPSA) is 16.1 Å². The molecule has 18 heavy (non-hydrogen) atoms. The molecule has 2 rings (SSSR count). The average molecular weight is 376 g/mol. The number of pyridine rings is 1. The number of halogens is 2. The maximum atomic E-state index is 4.52. The second kappa shape index (κ2) is 5.49. The zero-order valence-corrected chi connectivity index (χ0v) is 14.4. The van der Waals surface area contributed by atoms with Crippen LogP contribution in [0.4, 0.5) is 5.82 Å². The number of nitrogens with zero attached hydrogens (tertiary/aromatic N) is 2. The molecule has 0 aliphatic heterocycles. The van der Waals surface area contributed by atoms with Gasteiger partial charge in [-0.1, -0.05) is 13.8 Å². The minimum absolute atomic E-state index is 0.516. The van der Waals surface area contributed by atoms with Crippen LogP contribution in [0.3, 0.4) is 0 Å². The van der Waals surface area contributed by atoms with Gasteiger partial charge in [0.2, 0.25) is 0 Å². The molecule has 1 heterocycles. The maximum Gasteiger partial charge on any atom is 0.142 e. The van der Waals surface area contributed by atoms with Crippen molar-refractivity contribution in [1.82, 2.24) is 4.98 Å². The molecule has 0 spiro atoms. The van der Waals surface area contributed by atoms with Gasteiger partial charge in [-0.15, -0.1) is 0 Å². The first-order chi connectivity index (χ1) is 8.39. The minimum Gasteiger partial charge on any atom is -0.356 e. The van der Waals surface area contributed by atoms with Gasteiger partial charge in [0.15, 0.2) is 0 Å². The Kier molecular flexibility index (Phi) is 4.37. The van der Waals surface area contributed by atoms with E-state index in [2.05, 4.69) is 68.7 Å². The molecule has 0 radical (unpaired) electrons. The Hall–Kier alpha value is -0.0900. The molecule has 0 amide bonds. The van der Waals surface area contributed by atoms with Crippen LogP contribution in [0.25, 0.3) is 0 Å². The Morgan fingerprint density at radius 2 is 1.89 bits per heavy atom. The van der Waals surface area contributed by atoms with Crippen LogP contribution in [0.1, 0.15) is 39.5 Å². The molecule has 1 saturated carbocycles. The second-order valence-corrected chi connectivity index (χ2v) is 7.74. The number of hydrogen-bond acceptors (Lipinski definition) is 2. The lowest BCUT2D eigenvalue weighted by molar-refractivity contribution is 0.222. The highest BCUT2D eigenvalue weighted by molar-refractivity contribution is 9.11. The summed E-state index contributed by atoms with van der Waals surface area (Å²) < 4.78 is 2.07. The van der Waals surface area contributed by atoms with E-state index in [1.165, 1.54) is 25.7 Å². The summed E-state index contributed by atoms with van der Waals surface area (Å²) in [4.78, 5) is 6.85. The van der Waals surface area contributed by atoms with Crippen molar-refractivity contribution >= 4 is 37.7 Å². The monoisotopic (exact) mass is 374 g/mol. The highest BCUT2D eigenvalue weighted by Gasteiger charge is 2.29. The molecule has 100 valence electrons. The summed E-state index contributed by atoms with van der Waals surface area (Å²) in [5.41, 5.74) is 0.516. The van der Waals surface area contributed by atoms with Gasteiger partial charge in [0.1, 0.15) is 5.82 Å². The summed E-state index contributed by atoms with van der Waals surface area (Å²) in [6, 6.07) is 2.67. The van der Waals surface area contributed by atoms with Gasteiger partial charge >= 0.3 is 0 Å². The summed E-state index contributed by atoms with van der Waals surface area (Å²) >= 11 is 7.05. The van der Waals surface area contributed by atoms with E-state index in [1.54, 1.807) is 0 Å². The average Bonchev–Trinajstić information content (AvgIpc) is 2.28. The molecule has 0 saturated heterocycles. The smallest absolute Gasteiger partial charge is 0.142 e. The predicted octanol–water partition coefficient (Wildman–Crippen LogP) is 5.01. The molecule has 1 aromatic heterocycles. The van der Waals surface area contributed by atoms with E-state index in [0.29, 0.717) is 11.5 Å². The third-order valence-electron chi connectivity index (χ3n) is 3.98. The van der Waals surface area contributed by atoms with Crippen molar-refractivity contribution in [3.8, 4) is 0 Å². The maximum absolute atomic E-state index is 4.52. The van der Waals surface area contributed by atoms with Crippen molar-refractivity contribution in [3.63, 3.8) is 0 Å². The van der Waals surface area contributed by atoms with Crippen molar-refractivity contribution in [1.29, 1.82) is 0 Å². The summed E-state index contributed by atoms with van der Waals surface area (Å²) in [5.74, 6) is 1.04. The molecule has 0 atom stereocenters. The van der Waals surface area contributed by atoms with Crippen LogP contribution in [-0.2, 0) is 0 Å². The SMILES string of the molecule is CN(c1ncc(Br)cc1Br)C1CCC(C)(C)CC1. The molecule has 1 aliphatic carbocycles. The Bertz CT molecular complexity index is 422. The minimum atomic E-state index is 0.516. The lowest BCUT2D eigenvalue weighted by Gasteiger charge is -2.39. The first kappa shape index (κ1) is 14.3. The highest BCUT2D eigenvalue weighted by Crippen LogP contribution is 2.38. The van der Waals surface area contributed by atoms with Gasteiger partial charge < -0.3 is 4.90 Å². The van der Waals surface area contributed by atoms with E-state index in [-0.39, 0.29) is 0 Å². The number of rotatable bonds is 2. The van der Waals surface area contributed by atoms with Gasteiger partial charge in [0, 0.05) is 23.8 Å². The van der Waals surface area contributed by atoms with Gasteiger partial charge in [0.25, 0.3) is 0 Å². The van der Waals surface area contributed by atoms with Gasteiger partial charge in [-0.2, -0.15) is 0 Å². The van der Waals surface area contributed by atoms with Crippen molar-refractivity contribution in [2.24, 2.45) is 5.41 Å². The molecule has 0 N–H and O–H groups in total. The molecule has 1 fully saturated rings. The Balaban J connectivity index is 2.10. The van der Waals surface area contributed by atoms with E-state index in [0.717, 1.165) is 14.8 Å². The lowest BCUT2D eigenvalue weighted by atomic mass is 9.75. The molecular formula is C14H20Br2N2. The third-order valence-corrected chi connectivity index (χ3v) is 5.00. The number of aromatic nitrogens is 1. The van der Waals surface area contributed by atoms with E-state index in [1.807, 2.05) is 6.20 Å². The largest absolute Gasteiger partial charge is 0.356 e. The van der Waals surface area contributed by atoms with Crippen LogP contribution in [0.15, 0.2) is 21.2 Å². The fourth-order valence-electron chi connectivity index (χ4n) is 2.61. The van der Waals surface area contributed by atoms with Crippen LogP contribution >= 0.6 is 31.9 Å². The molecule has 1 aromatic rings. The van der Waals surface area contributed by atoms with Crippen LogP contribution < -0.4 is 4.90 Å². The first-order valence-electron chi connectivity index (χ1n) is 6.43. The number of anilines is 1. The Morgan fingerprint density at radius 1 is 1.28 bits per heavy atom. The fraction of sp³-hybridized carbons (Fsp3) is 0.643. The highest BCUT2D eigenvalue weighted by atomic mass is 79.9. The van der Waals surface area contributed by atoms with Gasteiger partial charge in [0.05, 0.1) is 4.47 Å². The lowest BCUT2D eigenvalue weighted by Crippen LogP contribution is -2.37. The fourth-order valence-corrected chi connectivity index (χ4v) is 3.88. The van der Waals surface area contributed by atoms with E-state index >= 15 is 0 Å². The summed E-state index contributed by atoms with van der Waals surface area (Å²) in [6.45, 7) is 4.74. The van der Waals surface area contributed by atoms with Crippen molar-refractivity contribution in [3.05, 3.63) is 21.2 Å². The van der Waals surface area contributed by atoms with Crippen LogP contribution in [0.5, 0.6) is 0 Å². The van der Waals surface area contributed by atoms with E-state index < -0.39 is 0 Å². The molecule has 0 unspecified atom stereocenters. The Morgan fingerprint density at radius 3 is 2.44 bits per heavy atom. The molecular weight excluding hydrogens is 356 g/mol.